The lowest BCUT2D eigenvalue weighted by Gasteiger charge is -2.34. The Morgan fingerprint density at radius 3 is 1.05 bits per heavy atom. The highest BCUT2D eigenvalue weighted by molar-refractivity contribution is 5.01. The number of nitrogens with zero attached hydrogens (tertiary/aromatic N) is 1. The Bertz CT molecular complexity index is 1120. The Kier molecular flexibility index (Phi) is 24.4. The molecule has 0 aromatic carbocycles. The molecule has 0 saturated carbocycles. The van der Waals surface area contributed by atoms with Gasteiger partial charge >= 0.3 is 47.9 Å². The first-order chi connectivity index (χ1) is 26.8. The van der Waals surface area contributed by atoms with Gasteiger partial charge in [-0.3, -0.25) is 0 Å². The molecule has 0 heterocycles. The standard InChI is InChI=1S/C37H59F18NO3/c1-56(2,23-24-57)27-29(59-26-20-16-12-8-4-6-10-14-18-22-31(40,41)33(44,45)35(48,49)37(53,54)55)28-58-25-19-15-11-7-3-5-9-13-17-21-30(38,39)32(42,43)34(46,47)36(50,51)52/h29H,3-28H2,1-2H3. The predicted octanol–water partition coefficient (Wildman–Crippen LogP) is 12.6. The molecule has 0 rings (SSSR count). The van der Waals surface area contributed by atoms with E-state index in [0.29, 0.717) is 82.2 Å². The minimum Gasteiger partial charge on any atom is -0.850 e. The third kappa shape index (κ3) is 18.8. The number of ether oxygens (including phenoxy) is 2. The second-order valence-corrected chi connectivity index (χ2v) is 15.7. The van der Waals surface area contributed by atoms with Gasteiger partial charge in [0, 0.05) is 26.1 Å². The molecule has 0 N–H and O–H groups in total. The van der Waals surface area contributed by atoms with Crippen LogP contribution >= 0.6 is 0 Å². The average Bonchev–Trinajstić information content (AvgIpc) is 3.08. The summed E-state index contributed by atoms with van der Waals surface area (Å²) in [4.78, 5) is 0. The molecule has 1 unspecified atom stereocenters. The molecule has 0 amide bonds. The fourth-order valence-electron chi connectivity index (χ4n) is 6.11. The summed E-state index contributed by atoms with van der Waals surface area (Å²) in [6, 6.07) is 0. The van der Waals surface area contributed by atoms with Crippen LogP contribution in [0.1, 0.15) is 128 Å². The number of quaternary nitrogens is 1. The van der Waals surface area contributed by atoms with Gasteiger partial charge in [-0.25, -0.2) is 0 Å². The van der Waals surface area contributed by atoms with Crippen molar-refractivity contribution in [3.63, 3.8) is 0 Å². The van der Waals surface area contributed by atoms with Gasteiger partial charge in [0.2, 0.25) is 0 Å². The van der Waals surface area contributed by atoms with Gasteiger partial charge in [0.15, 0.2) is 0 Å². The minimum atomic E-state index is -6.87. The van der Waals surface area contributed by atoms with Gasteiger partial charge in [-0.05, 0) is 25.7 Å². The maximum absolute atomic E-state index is 13.6. The molecule has 0 aromatic heterocycles. The second-order valence-electron chi connectivity index (χ2n) is 15.7. The quantitative estimate of drug-likeness (QED) is 0.0361. The third-order valence-electron chi connectivity index (χ3n) is 9.89. The number of likely N-dealkylation sites (N-methyl/N-ethyl adjacent to an activating group) is 1. The summed E-state index contributed by atoms with van der Waals surface area (Å²) in [5.41, 5.74) is 0. The maximum Gasteiger partial charge on any atom is 0.460 e. The molecule has 22 heteroatoms. The predicted molar refractivity (Wildman–Crippen MR) is 181 cm³/mol. The lowest BCUT2D eigenvalue weighted by atomic mass is 9.97. The Balaban J connectivity index is 4.24. The van der Waals surface area contributed by atoms with Crippen LogP contribution in [0.2, 0.25) is 0 Å². The Hall–Kier alpha value is -1.42. The lowest BCUT2D eigenvalue weighted by Crippen LogP contribution is -2.60. The van der Waals surface area contributed by atoms with Crippen LogP contribution in [0, 0.1) is 0 Å². The van der Waals surface area contributed by atoms with Crippen LogP contribution < -0.4 is 5.11 Å². The molecule has 0 aliphatic rings. The molecular weight excluding hydrogens is 848 g/mol. The molecule has 0 aliphatic carbocycles. The fourth-order valence-corrected chi connectivity index (χ4v) is 6.11. The third-order valence-corrected chi connectivity index (χ3v) is 9.89. The van der Waals surface area contributed by atoms with Crippen molar-refractivity contribution >= 4 is 0 Å². The Labute approximate surface area is 334 Å². The van der Waals surface area contributed by atoms with E-state index in [4.69, 9.17) is 9.47 Å². The zero-order valence-electron chi connectivity index (χ0n) is 33.4. The SMILES string of the molecule is C[N+](C)(CC[O-])CC(COCCCCCCCCCCCC(F)(F)C(F)(F)C(F)(F)C(F)(F)F)OCCCCCCCCCCCC(F)(F)C(F)(F)C(F)(F)C(F)(F)F. The highest BCUT2D eigenvalue weighted by Crippen LogP contribution is 2.55. The second kappa shape index (κ2) is 25.0. The van der Waals surface area contributed by atoms with E-state index < -0.39 is 73.6 Å². The maximum atomic E-state index is 13.6. The van der Waals surface area contributed by atoms with E-state index >= 15 is 0 Å². The van der Waals surface area contributed by atoms with E-state index in [-0.39, 0.29) is 32.2 Å². The summed E-state index contributed by atoms with van der Waals surface area (Å²) < 4.78 is 245. The summed E-state index contributed by atoms with van der Waals surface area (Å²) >= 11 is 0. The first-order valence-corrected chi connectivity index (χ1v) is 19.8. The highest BCUT2D eigenvalue weighted by atomic mass is 19.4. The summed E-state index contributed by atoms with van der Waals surface area (Å²) in [5.74, 6) is -38.0. The average molecular weight is 908 g/mol. The number of halogens is 18. The van der Waals surface area contributed by atoms with E-state index in [1.807, 2.05) is 14.1 Å². The van der Waals surface area contributed by atoms with Gasteiger partial charge in [0.25, 0.3) is 0 Å². The first kappa shape index (κ1) is 57.6. The normalized spacial score (nSPS) is 15.0. The summed E-state index contributed by atoms with van der Waals surface area (Å²) in [6.45, 7) is 1.69. The molecule has 0 spiro atoms. The van der Waals surface area contributed by atoms with Crippen LogP contribution in [0.5, 0.6) is 0 Å². The molecule has 0 aliphatic heterocycles. The van der Waals surface area contributed by atoms with E-state index in [2.05, 4.69) is 0 Å². The summed E-state index contributed by atoms with van der Waals surface area (Å²) in [5, 5.41) is 11.2. The fraction of sp³-hybridized carbons (Fsp3) is 1.00. The molecule has 0 radical (unpaired) electrons. The van der Waals surface area contributed by atoms with E-state index in [1.54, 1.807) is 0 Å². The zero-order valence-corrected chi connectivity index (χ0v) is 33.4. The largest absolute Gasteiger partial charge is 0.850 e. The zero-order chi connectivity index (χ0) is 45.9. The van der Waals surface area contributed by atoms with Crippen LogP contribution in [-0.2, 0) is 9.47 Å². The molecule has 0 bridgehead atoms. The molecule has 356 valence electrons. The Morgan fingerprint density at radius 2 is 0.729 bits per heavy atom. The van der Waals surface area contributed by atoms with Gasteiger partial charge in [0.1, 0.15) is 12.6 Å². The van der Waals surface area contributed by atoms with E-state index in [1.165, 1.54) is 0 Å². The lowest BCUT2D eigenvalue weighted by molar-refractivity contribution is -0.898. The van der Waals surface area contributed by atoms with E-state index in [9.17, 15) is 84.1 Å². The van der Waals surface area contributed by atoms with Crippen molar-refractivity contribution in [3.05, 3.63) is 0 Å². The number of rotatable bonds is 35. The molecule has 0 aromatic rings. The molecule has 4 nitrogen and oxygen atoms in total. The monoisotopic (exact) mass is 907 g/mol. The van der Waals surface area contributed by atoms with Gasteiger partial charge in [0.05, 0.1) is 27.2 Å². The number of unbranched alkanes of at least 4 members (excludes halogenated alkanes) is 16. The van der Waals surface area contributed by atoms with E-state index in [0.717, 1.165) is 38.5 Å². The molecule has 0 saturated heterocycles. The van der Waals surface area contributed by atoms with Crippen LogP contribution in [0.3, 0.4) is 0 Å². The number of hydrogen-bond donors (Lipinski definition) is 0. The van der Waals surface area contributed by atoms with Crippen LogP contribution in [-0.4, -0.2) is 112 Å². The topological polar surface area (TPSA) is 41.5 Å². The molecular formula is C37H59F18NO3. The van der Waals surface area contributed by atoms with Gasteiger partial charge < -0.3 is 19.1 Å². The molecule has 0 fully saturated rings. The van der Waals surface area contributed by atoms with Crippen molar-refractivity contribution in [2.45, 2.75) is 182 Å². The van der Waals surface area contributed by atoms with Crippen molar-refractivity contribution in [1.29, 1.82) is 0 Å². The van der Waals surface area contributed by atoms with Gasteiger partial charge in [-0.2, -0.15) is 79.0 Å². The van der Waals surface area contributed by atoms with Crippen molar-refractivity contribution in [3.8, 4) is 0 Å². The van der Waals surface area contributed by atoms with Crippen molar-refractivity contribution in [2.24, 2.45) is 0 Å². The number of alkyl halides is 18. The minimum absolute atomic E-state index is 0.0430. The van der Waals surface area contributed by atoms with Crippen molar-refractivity contribution in [1.82, 2.24) is 0 Å². The molecule has 1 atom stereocenters. The number of hydrogen-bond acceptors (Lipinski definition) is 3. The highest BCUT2D eigenvalue weighted by Gasteiger charge is 2.82. The van der Waals surface area contributed by atoms with Gasteiger partial charge in [-0.1, -0.05) is 96.5 Å². The summed E-state index contributed by atoms with van der Waals surface area (Å²) in [7, 11) is 3.77. The molecule has 59 heavy (non-hydrogen) atoms. The van der Waals surface area contributed by atoms with Crippen molar-refractivity contribution in [2.75, 3.05) is 53.6 Å². The van der Waals surface area contributed by atoms with Crippen molar-refractivity contribution < 1.29 is 98.1 Å². The first-order valence-electron chi connectivity index (χ1n) is 19.8. The Morgan fingerprint density at radius 1 is 0.424 bits per heavy atom. The summed E-state index contributed by atoms with van der Waals surface area (Å²) in [6.07, 6.45) is -9.89. The van der Waals surface area contributed by atoms with Crippen LogP contribution in [0.25, 0.3) is 0 Å². The van der Waals surface area contributed by atoms with Crippen LogP contribution in [0.4, 0.5) is 79.0 Å². The van der Waals surface area contributed by atoms with Gasteiger partial charge in [-0.15, -0.1) is 0 Å². The smallest absolute Gasteiger partial charge is 0.460 e. The van der Waals surface area contributed by atoms with Crippen LogP contribution in [0.15, 0.2) is 0 Å².